The van der Waals surface area contributed by atoms with Crippen LogP contribution in [-0.2, 0) is 13.1 Å². The van der Waals surface area contributed by atoms with Crippen LogP contribution in [0.3, 0.4) is 0 Å². The van der Waals surface area contributed by atoms with Gasteiger partial charge in [0, 0.05) is 102 Å². The third-order valence-electron chi connectivity index (χ3n) is 13.3. The molecule has 0 fully saturated rings. The first kappa shape index (κ1) is 37.0. The van der Waals surface area contributed by atoms with Gasteiger partial charge in [-0.3, -0.25) is 0 Å². The van der Waals surface area contributed by atoms with Gasteiger partial charge in [0.15, 0.2) is 0 Å². The van der Waals surface area contributed by atoms with Gasteiger partial charge in [-0.2, -0.15) is 0 Å². The molecule has 12 rings (SSSR count). The van der Waals surface area contributed by atoms with Crippen molar-refractivity contribution in [2.75, 3.05) is 9.80 Å². The summed E-state index contributed by atoms with van der Waals surface area (Å²) in [6.45, 7) is 6.31. The Morgan fingerprint density at radius 2 is 0.857 bits per heavy atom. The van der Waals surface area contributed by atoms with Gasteiger partial charge in [-0.25, -0.2) is 0 Å². The van der Waals surface area contributed by atoms with E-state index in [1.807, 2.05) is 0 Å². The van der Waals surface area contributed by atoms with Crippen molar-refractivity contribution in [3.63, 3.8) is 0 Å². The van der Waals surface area contributed by atoms with E-state index in [1.54, 1.807) is 0 Å². The first-order valence-corrected chi connectivity index (χ1v) is 22.3. The van der Waals surface area contributed by atoms with Gasteiger partial charge in [0.25, 0.3) is 0 Å². The molecule has 0 N–H and O–H groups in total. The zero-order valence-corrected chi connectivity index (χ0v) is 35.6. The lowest BCUT2D eigenvalue weighted by atomic mass is 10.0. The maximum absolute atomic E-state index is 2.55. The van der Waals surface area contributed by atoms with Crippen LogP contribution in [0, 0.1) is 0 Å². The molecule has 3 heterocycles. The Hall–Kier alpha value is -7.76. The molecule has 1 unspecified atom stereocenters. The molecule has 5 nitrogen and oxygen atoms in total. The second-order valence-corrected chi connectivity index (χ2v) is 16.7. The minimum atomic E-state index is 0.157. The van der Waals surface area contributed by atoms with Crippen LogP contribution >= 0.6 is 0 Å². The minimum absolute atomic E-state index is 0.157. The molecule has 1 aliphatic rings. The Labute approximate surface area is 367 Å². The molecule has 0 aliphatic heterocycles. The molecule has 0 radical (unpaired) electrons. The first-order valence-electron chi connectivity index (χ1n) is 22.3. The lowest BCUT2D eigenvalue weighted by Crippen LogP contribution is -2.29. The summed E-state index contributed by atoms with van der Waals surface area (Å²) in [7, 11) is 0. The number of allylic oxidation sites excluding steroid dienone is 2. The van der Waals surface area contributed by atoms with E-state index >= 15 is 0 Å². The van der Waals surface area contributed by atoms with Gasteiger partial charge in [0.1, 0.15) is 0 Å². The molecule has 304 valence electrons. The molecule has 8 aromatic carbocycles. The van der Waals surface area contributed by atoms with Gasteiger partial charge in [0.2, 0.25) is 0 Å². The van der Waals surface area contributed by atoms with E-state index in [2.05, 4.69) is 244 Å². The van der Waals surface area contributed by atoms with E-state index in [-0.39, 0.29) is 6.04 Å². The van der Waals surface area contributed by atoms with Crippen molar-refractivity contribution in [1.29, 1.82) is 0 Å². The molecule has 3 aromatic heterocycles. The van der Waals surface area contributed by atoms with E-state index in [0.717, 1.165) is 42.3 Å². The molecular formula is C58H47N5. The van der Waals surface area contributed by atoms with E-state index in [0.29, 0.717) is 0 Å². The zero-order valence-electron chi connectivity index (χ0n) is 35.6. The molecule has 63 heavy (non-hydrogen) atoms. The number of para-hydroxylation sites is 4. The maximum atomic E-state index is 2.55. The van der Waals surface area contributed by atoms with Crippen LogP contribution in [0.15, 0.2) is 206 Å². The van der Waals surface area contributed by atoms with Crippen molar-refractivity contribution in [2.24, 2.45) is 0 Å². The predicted molar refractivity (Wildman–Crippen MR) is 268 cm³/mol. The maximum Gasteiger partial charge on any atom is 0.0559 e. The number of rotatable bonds is 9. The quantitative estimate of drug-likeness (QED) is 0.145. The third-order valence-corrected chi connectivity index (χ3v) is 13.3. The van der Waals surface area contributed by atoms with E-state index in [9.17, 15) is 0 Å². The Balaban J connectivity index is 1.08. The van der Waals surface area contributed by atoms with E-state index in [4.69, 9.17) is 0 Å². The Kier molecular flexibility index (Phi) is 8.82. The summed E-state index contributed by atoms with van der Waals surface area (Å²) in [5.41, 5.74) is 14.3. The SMILES string of the molecule is CCn1c2ccccc2c2cc(N(c3ccccc3)c3ccc4c(c3)c3cc(N(c5ccc6c(c5)c5ccccc5n6CC)C5C=CC=CC5)ccc3n4-c3ccccc3)ccc21. The monoisotopic (exact) mass is 813 g/mol. The summed E-state index contributed by atoms with van der Waals surface area (Å²) in [6, 6.07) is 67.5. The number of aromatic nitrogens is 3. The smallest absolute Gasteiger partial charge is 0.0559 e. The molecule has 0 bridgehead atoms. The second kappa shape index (κ2) is 15.0. The van der Waals surface area contributed by atoms with Crippen molar-refractivity contribution in [3.8, 4) is 5.69 Å². The fourth-order valence-electron chi connectivity index (χ4n) is 10.5. The highest BCUT2D eigenvalue weighted by Gasteiger charge is 2.24. The molecule has 11 aromatic rings. The van der Waals surface area contributed by atoms with Crippen LogP contribution < -0.4 is 9.80 Å². The first-order chi connectivity index (χ1) is 31.2. The minimum Gasteiger partial charge on any atom is -0.341 e. The predicted octanol–water partition coefficient (Wildman–Crippen LogP) is 15.5. The lowest BCUT2D eigenvalue weighted by Gasteiger charge is -2.33. The van der Waals surface area contributed by atoms with Gasteiger partial charge in [0.05, 0.1) is 17.1 Å². The fraction of sp³-hybridized carbons (Fsp3) is 0.103. The van der Waals surface area contributed by atoms with Gasteiger partial charge >= 0.3 is 0 Å². The Morgan fingerprint density at radius 3 is 1.38 bits per heavy atom. The highest BCUT2D eigenvalue weighted by Crippen LogP contribution is 2.44. The summed E-state index contributed by atoms with van der Waals surface area (Å²) in [5.74, 6) is 0. The van der Waals surface area contributed by atoms with Crippen LogP contribution in [0.2, 0.25) is 0 Å². The summed E-state index contributed by atoms with van der Waals surface area (Å²) in [5, 5.41) is 7.55. The fourth-order valence-corrected chi connectivity index (χ4v) is 10.5. The third kappa shape index (κ3) is 5.91. The number of hydrogen-bond donors (Lipinski definition) is 0. The van der Waals surface area contributed by atoms with Crippen molar-refractivity contribution >= 4 is 93.9 Å². The summed E-state index contributed by atoms with van der Waals surface area (Å²) in [6.07, 6.45) is 9.93. The van der Waals surface area contributed by atoms with Gasteiger partial charge in [-0.05, 0) is 129 Å². The highest BCUT2D eigenvalue weighted by atomic mass is 15.2. The molecule has 0 saturated carbocycles. The van der Waals surface area contributed by atoms with Crippen LogP contribution in [-0.4, -0.2) is 19.7 Å². The average Bonchev–Trinajstić information content (AvgIpc) is 3.97. The number of fused-ring (bicyclic) bond motifs is 9. The summed E-state index contributed by atoms with van der Waals surface area (Å²) < 4.78 is 7.29. The molecule has 1 atom stereocenters. The number of benzene rings is 8. The van der Waals surface area contributed by atoms with Crippen LogP contribution in [0.1, 0.15) is 20.3 Å². The van der Waals surface area contributed by atoms with Crippen molar-refractivity contribution < 1.29 is 0 Å². The second-order valence-electron chi connectivity index (χ2n) is 16.7. The largest absolute Gasteiger partial charge is 0.341 e. The van der Waals surface area contributed by atoms with Gasteiger partial charge in [-0.1, -0.05) is 97.1 Å². The molecule has 5 heteroatoms. The summed E-state index contributed by atoms with van der Waals surface area (Å²) in [4.78, 5) is 4.96. The van der Waals surface area contributed by atoms with E-state index < -0.39 is 0 Å². The standard InChI is InChI=1S/C58H47N5/c1-3-59-53-26-16-14-24-47(53)49-36-43(28-32-55(49)59)61(40-18-8-5-9-19-40)45-30-34-57-51(38-45)52-39-46(31-35-58(52)63(57)42-22-12-7-13-23-42)62(41-20-10-6-11-21-41)44-29-33-56-50(37-44)48-25-15-17-27-54(48)60(56)4-2/h5-20,22-39,41H,3-4,21H2,1-2H3. The van der Waals surface area contributed by atoms with Gasteiger partial charge < -0.3 is 23.5 Å². The number of anilines is 5. The van der Waals surface area contributed by atoms with Crippen molar-refractivity contribution in [1.82, 2.24) is 13.7 Å². The molecule has 0 amide bonds. The molecule has 0 saturated heterocycles. The van der Waals surface area contributed by atoms with Crippen molar-refractivity contribution in [3.05, 3.63) is 206 Å². The lowest BCUT2D eigenvalue weighted by molar-refractivity contribution is 0.785. The van der Waals surface area contributed by atoms with Crippen LogP contribution in [0.25, 0.3) is 71.1 Å². The topological polar surface area (TPSA) is 21.3 Å². The normalized spacial score (nSPS) is 14.0. The number of hydrogen-bond acceptors (Lipinski definition) is 2. The average molecular weight is 814 g/mol. The Bertz CT molecular complexity index is 3580. The zero-order chi connectivity index (χ0) is 42.0. The molecule has 1 aliphatic carbocycles. The van der Waals surface area contributed by atoms with Gasteiger partial charge in [-0.15, -0.1) is 0 Å². The highest BCUT2D eigenvalue weighted by molar-refractivity contribution is 6.13. The van der Waals surface area contributed by atoms with Crippen LogP contribution in [0.5, 0.6) is 0 Å². The molecular weight excluding hydrogens is 767 g/mol. The van der Waals surface area contributed by atoms with E-state index in [1.165, 1.54) is 76.8 Å². The number of aryl methyl sites for hydroxylation is 2. The van der Waals surface area contributed by atoms with Crippen molar-refractivity contribution in [2.45, 2.75) is 39.4 Å². The Morgan fingerprint density at radius 1 is 0.413 bits per heavy atom. The summed E-state index contributed by atoms with van der Waals surface area (Å²) >= 11 is 0. The molecule has 0 spiro atoms. The number of nitrogens with zero attached hydrogens (tertiary/aromatic N) is 5. The van der Waals surface area contributed by atoms with Crippen LogP contribution in [0.4, 0.5) is 28.4 Å².